The third kappa shape index (κ3) is 10.3. The molecule has 0 aromatic heterocycles. The van der Waals surface area contributed by atoms with Crippen molar-refractivity contribution in [1.29, 1.82) is 0 Å². The van der Waals surface area contributed by atoms with Crippen molar-refractivity contribution in [3.8, 4) is 0 Å². The zero-order chi connectivity index (χ0) is 22.6. The van der Waals surface area contributed by atoms with Crippen molar-refractivity contribution in [3.63, 3.8) is 0 Å². The Kier molecular flexibility index (Phi) is 15.1. The van der Waals surface area contributed by atoms with E-state index in [4.69, 9.17) is 11.0 Å². The number of rotatable bonds is 17. The molecule has 0 aliphatic rings. The molecular weight excluding hydrogens is 475 g/mol. The summed E-state index contributed by atoms with van der Waals surface area (Å²) in [6.07, 6.45) is 13.7. The molecule has 0 amide bonds. The van der Waals surface area contributed by atoms with Gasteiger partial charge in [-0.25, -0.2) is 0 Å². The molecule has 0 heterocycles. The normalized spacial score (nSPS) is 14.2. The molecule has 0 saturated heterocycles. The quantitative estimate of drug-likeness (QED) is 0.134. The fourth-order valence-corrected chi connectivity index (χ4v) is 22.1. The van der Waals surface area contributed by atoms with Crippen LogP contribution in [0, 0.1) is 0 Å². The molecule has 0 saturated carbocycles. The van der Waals surface area contributed by atoms with Crippen molar-refractivity contribution in [1.82, 2.24) is 0 Å². The fourth-order valence-electron chi connectivity index (χ4n) is 4.16. The van der Waals surface area contributed by atoms with Crippen LogP contribution in [-0.4, -0.2) is 32.8 Å². The Morgan fingerprint density at radius 3 is 1.55 bits per heavy atom. The second kappa shape index (κ2) is 14.7. The Morgan fingerprint density at radius 2 is 1.21 bits per heavy atom. The summed E-state index contributed by atoms with van der Waals surface area (Å²) < 4.78 is 13.3. The Hall–Kier alpha value is 0.716. The Balaban J connectivity index is 5.88. The monoisotopic (exact) mass is 532 g/mol. The molecule has 0 spiro atoms. The first kappa shape index (κ1) is 29.7. The molecule has 3 heteroatoms. The molecule has 0 aliphatic heterocycles. The van der Waals surface area contributed by atoms with Crippen LogP contribution in [0.25, 0.3) is 0 Å². The average molecular weight is 532 g/mol. The van der Waals surface area contributed by atoms with E-state index in [1.165, 1.54) is 77.5 Å². The first-order valence-corrected chi connectivity index (χ1v) is 23.3. The topological polar surface area (TPSA) is 9.23 Å². The minimum atomic E-state index is -2.47. The number of hydrogen-bond acceptors (Lipinski definition) is 1. The summed E-state index contributed by atoms with van der Waals surface area (Å²) in [6.45, 7) is 26.4. The van der Waals surface area contributed by atoms with E-state index in [2.05, 4.69) is 61.6 Å². The van der Waals surface area contributed by atoms with E-state index in [-0.39, 0.29) is 5.04 Å². The minimum absolute atomic E-state index is 0.269. The van der Waals surface area contributed by atoms with E-state index in [0.29, 0.717) is 6.10 Å². The van der Waals surface area contributed by atoms with Gasteiger partial charge in [-0.3, -0.25) is 0 Å². The zero-order valence-electron chi connectivity index (χ0n) is 21.9. The van der Waals surface area contributed by atoms with Crippen LogP contribution in [-0.2, 0) is 4.43 Å². The van der Waals surface area contributed by atoms with Crippen LogP contribution in [0.5, 0.6) is 0 Å². The summed E-state index contributed by atoms with van der Waals surface area (Å²) in [7, 11) is -1.79. The molecule has 0 rings (SSSR count). The molecule has 0 N–H and O–H groups in total. The molecule has 1 nitrogen and oxygen atoms in total. The molecule has 0 aromatic rings. The van der Waals surface area contributed by atoms with Crippen molar-refractivity contribution in [2.45, 2.75) is 150 Å². The van der Waals surface area contributed by atoms with E-state index in [1.54, 1.807) is 3.59 Å². The van der Waals surface area contributed by atoms with E-state index in [0.717, 1.165) is 0 Å². The first-order chi connectivity index (χ1) is 13.5. The molecule has 0 aromatic carbocycles. The van der Waals surface area contributed by atoms with Gasteiger partial charge in [-0.15, -0.1) is 0 Å². The van der Waals surface area contributed by atoms with Gasteiger partial charge < -0.3 is 0 Å². The van der Waals surface area contributed by atoms with Crippen LogP contribution in [0.4, 0.5) is 0 Å². The van der Waals surface area contributed by atoms with E-state index < -0.39 is 26.7 Å². The van der Waals surface area contributed by atoms with Gasteiger partial charge in [0.15, 0.2) is 0 Å². The molecule has 0 aliphatic carbocycles. The van der Waals surface area contributed by atoms with Gasteiger partial charge in [-0.05, 0) is 0 Å². The third-order valence-electron chi connectivity index (χ3n) is 7.41. The first-order valence-electron chi connectivity index (χ1n) is 12.9. The van der Waals surface area contributed by atoms with Crippen molar-refractivity contribution in [3.05, 3.63) is 10.2 Å². The van der Waals surface area contributed by atoms with Gasteiger partial charge in [0.25, 0.3) is 0 Å². The van der Waals surface area contributed by atoms with E-state index in [9.17, 15) is 0 Å². The molecule has 0 radical (unpaired) electrons. The molecule has 1 atom stereocenters. The SMILES string of the molecule is C=[C](C(CCCCC)O[Si](C)(C)C(C)(C)C)[Sn]([CH2]CCC)([CH2]CCC)[CH2]CCC. The van der Waals surface area contributed by atoms with Crippen LogP contribution in [0.2, 0.25) is 31.4 Å². The molecule has 1 unspecified atom stereocenters. The van der Waals surface area contributed by atoms with Crippen LogP contribution in [0.3, 0.4) is 0 Å². The van der Waals surface area contributed by atoms with Gasteiger partial charge in [0.05, 0.1) is 0 Å². The maximum absolute atomic E-state index is 7.15. The van der Waals surface area contributed by atoms with Gasteiger partial charge in [-0.2, -0.15) is 0 Å². The van der Waals surface area contributed by atoms with Gasteiger partial charge in [0, 0.05) is 0 Å². The van der Waals surface area contributed by atoms with Gasteiger partial charge >= 0.3 is 192 Å². The second-order valence-corrected chi connectivity index (χ2v) is 29.2. The molecule has 174 valence electrons. The summed E-state index contributed by atoms with van der Waals surface area (Å²) in [5.41, 5.74) is 0. The van der Waals surface area contributed by atoms with Crippen LogP contribution >= 0.6 is 0 Å². The second-order valence-electron chi connectivity index (χ2n) is 11.0. The molecule has 0 bridgehead atoms. The maximum atomic E-state index is 7.15. The summed E-state index contributed by atoms with van der Waals surface area (Å²) >= 11 is -2.47. The fraction of sp³-hybridized carbons (Fsp3) is 0.923. The summed E-state index contributed by atoms with van der Waals surface area (Å²) in [6, 6.07) is 0. The number of unbranched alkanes of at least 4 members (excludes halogenated alkanes) is 5. The zero-order valence-corrected chi connectivity index (χ0v) is 25.7. The molecule has 29 heavy (non-hydrogen) atoms. The molecule has 0 fully saturated rings. The van der Waals surface area contributed by atoms with Gasteiger partial charge in [-0.1, -0.05) is 0 Å². The summed E-state index contributed by atoms with van der Waals surface area (Å²) in [5.74, 6) is 0. The Bertz CT molecular complexity index is 417. The van der Waals surface area contributed by atoms with E-state index >= 15 is 0 Å². The predicted octanol–water partition coefficient (Wildman–Crippen LogP) is 9.90. The molecular formula is C26H56OSiSn. The average Bonchev–Trinajstić information content (AvgIpc) is 2.65. The van der Waals surface area contributed by atoms with Crippen molar-refractivity contribution >= 4 is 26.7 Å². The number of hydrogen-bond donors (Lipinski definition) is 0. The Labute approximate surface area is 190 Å². The summed E-state index contributed by atoms with van der Waals surface area (Å²) in [5, 5.41) is 0.269. The third-order valence-corrected chi connectivity index (χ3v) is 27.9. The predicted molar refractivity (Wildman–Crippen MR) is 140 cm³/mol. The van der Waals surface area contributed by atoms with Crippen LogP contribution in [0.15, 0.2) is 10.2 Å². The van der Waals surface area contributed by atoms with Crippen LogP contribution < -0.4 is 0 Å². The summed E-state index contributed by atoms with van der Waals surface area (Å²) in [4.78, 5) is 0. The van der Waals surface area contributed by atoms with Crippen LogP contribution in [0.1, 0.15) is 113 Å². The van der Waals surface area contributed by atoms with Gasteiger partial charge in [0.1, 0.15) is 0 Å². The van der Waals surface area contributed by atoms with Gasteiger partial charge in [0.2, 0.25) is 0 Å². The standard InChI is InChI=1S/C14H29OSi.3C4H9.Sn/c1-8-10-11-12-13(9-2)15-16(6,7)14(3,4)5;3*1-3-4-2;/h13H,2,8,10-12H2,1,3-7H3;3*1,3-4H2,2H3;. The van der Waals surface area contributed by atoms with Crippen molar-refractivity contribution in [2.75, 3.05) is 0 Å². The van der Waals surface area contributed by atoms with Crippen molar-refractivity contribution < 1.29 is 4.43 Å². The van der Waals surface area contributed by atoms with Crippen molar-refractivity contribution in [2.24, 2.45) is 0 Å². The Morgan fingerprint density at radius 1 is 0.793 bits per heavy atom. The van der Waals surface area contributed by atoms with E-state index in [1.807, 2.05) is 0 Å².